The first-order valence-electron chi connectivity index (χ1n) is 5.13. The molecule has 0 fully saturated rings. The van der Waals surface area contributed by atoms with Crippen molar-refractivity contribution in [1.82, 2.24) is 0 Å². The van der Waals surface area contributed by atoms with Gasteiger partial charge in [-0.25, -0.2) is 4.39 Å². The van der Waals surface area contributed by atoms with Gasteiger partial charge in [-0.3, -0.25) is 4.79 Å². The summed E-state index contributed by atoms with van der Waals surface area (Å²) >= 11 is 3.08. The van der Waals surface area contributed by atoms with Crippen molar-refractivity contribution in [2.45, 2.75) is 27.2 Å². The van der Waals surface area contributed by atoms with Crippen LogP contribution < -0.4 is 5.32 Å². The molecule has 1 amide bonds. The molecule has 4 heteroatoms. The van der Waals surface area contributed by atoms with Crippen LogP contribution in [0.5, 0.6) is 0 Å². The molecule has 0 bridgehead atoms. The van der Waals surface area contributed by atoms with E-state index in [4.69, 9.17) is 0 Å². The van der Waals surface area contributed by atoms with Crippen molar-refractivity contribution in [3.8, 4) is 0 Å². The van der Waals surface area contributed by atoms with Crippen LogP contribution >= 0.6 is 15.9 Å². The van der Waals surface area contributed by atoms with Crippen molar-refractivity contribution in [2.75, 3.05) is 5.32 Å². The molecule has 0 radical (unpaired) electrons. The van der Waals surface area contributed by atoms with E-state index in [0.29, 0.717) is 10.2 Å². The first-order chi connectivity index (χ1) is 7.36. The number of amides is 1. The van der Waals surface area contributed by atoms with Crippen molar-refractivity contribution in [3.63, 3.8) is 0 Å². The Labute approximate surface area is 103 Å². The summed E-state index contributed by atoms with van der Waals surface area (Å²) in [6.07, 6.45) is 0.751. The van der Waals surface area contributed by atoms with Crippen molar-refractivity contribution in [3.05, 3.63) is 28.5 Å². The smallest absolute Gasteiger partial charge is 0.230 e. The largest absolute Gasteiger partial charge is 0.326 e. The number of carbonyl (C=O) groups excluding carboxylic acids is 1. The standard InChI is InChI=1S/C12H15BrFNO/c1-4-12(2,3)11(16)15-8-5-6-10(14)9(13)7-8/h5-7H,4H2,1-3H3,(H,15,16). The van der Waals surface area contributed by atoms with E-state index >= 15 is 0 Å². The normalized spacial score (nSPS) is 11.3. The van der Waals surface area contributed by atoms with Gasteiger partial charge in [0.25, 0.3) is 0 Å². The molecule has 0 saturated heterocycles. The molecular weight excluding hydrogens is 273 g/mol. The van der Waals surface area contributed by atoms with Gasteiger partial charge < -0.3 is 5.32 Å². The first-order valence-corrected chi connectivity index (χ1v) is 5.92. The summed E-state index contributed by atoms with van der Waals surface area (Å²) in [4.78, 5) is 11.8. The van der Waals surface area contributed by atoms with Crippen LogP contribution in [0.15, 0.2) is 22.7 Å². The summed E-state index contributed by atoms with van der Waals surface area (Å²) in [6.45, 7) is 5.71. The van der Waals surface area contributed by atoms with Crippen LogP contribution in [-0.4, -0.2) is 5.91 Å². The van der Waals surface area contributed by atoms with Crippen molar-refractivity contribution < 1.29 is 9.18 Å². The zero-order valence-electron chi connectivity index (χ0n) is 9.60. The quantitative estimate of drug-likeness (QED) is 0.896. The molecule has 1 rings (SSSR count). The molecule has 0 aromatic heterocycles. The number of hydrogen-bond donors (Lipinski definition) is 1. The monoisotopic (exact) mass is 287 g/mol. The van der Waals surface area contributed by atoms with Gasteiger partial charge in [0, 0.05) is 11.1 Å². The Kier molecular flexibility index (Phi) is 4.08. The molecule has 0 aliphatic rings. The van der Waals surface area contributed by atoms with Crippen molar-refractivity contribution in [1.29, 1.82) is 0 Å². The minimum atomic E-state index is -0.416. The predicted octanol–water partition coefficient (Wildman–Crippen LogP) is 3.96. The van der Waals surface area contributed by atoms with Crippen LogP contribution in [0.3, 0.4) is 0 Å². The van der Waals surface area contributed by atoms with E-state index in [1.165, 1.54) is 6.07 Å². The molecule has 0 aliphatic heterocycles. The number of rotatable bonds is 3. The number of halogens is 2. The van der Waals surface area contributed by atoms with Crippen LogP contribution in [0, 0.1) is 11.2 Å². The second kappa shape index (κ2) is 4.95. The van der Waals surface area contributed by atoms with E-state index in [-0.39, 0.29) is 11.7 Å². The van der Waals surface area contributed by atoms with Crippen LogP contribution in [0.25, 0.3) is 0 Å². The number of nitrogens with one attached hydrogen (secondary N) is 1. The summed E-state index contributed by atoms with van der Waals surface area (Å²) in [6, 6.07) is 4.42. The molecular formula is C12H15BrFNO. The highest BCUT2D eigenvalue weighted by atomic mass is 79.9. The second-order valence-electron chi connectivity index (χ2n) is 4.32. The Morgan fingerprint density at radius 2 is 2.12 bits per heavy atom. The molecule has 88 valence electrons. The minimum Gasteiger partial charge on any atom is -0.326 e. The second-order valence-corrected chi connectivity index (χ2v) is 5.17. The van der Waals surface area contributed by atoms with Gasteiger partial charge in [-0.15, -0.1) is 0 Å². The fourth-order valence-corrected chi connectivity index (χ4v) is 1.41. The lowest BCUT2D eigenvalue weighted by atomic mass is 9.89. The Morgan fingerprint density at radius 3 is 2.62 bits per heavy atom. The molecule has 0 spiro atoms. The maximum absolute atomic E-state index is 13.0. The fourth-order valence-electron chi connectivity index (χ4n) is 1.03. The molecule has 0 unspecified atom stereocenters. The molecule has 1 aromatic carbocycles. The van der Waals surface area contributed by atoms with Gasteiger partial charge in [-0.1, -0.05) is 20.8 Å². The zero-order valence-corrected chi connectivity index (χ0v) is 11.2. The average Bonchev–Trinajstić information content (AvgIpc) is 2.23. The van der Waals surface area contributed by atoms with E-state index in [1.807, 2.05) is 20.8 Å². The maximum atomic E-state index is 13.0. The third-order valence-electron chi connectivity index (χ3n) is 2.68. The van der Waals surface area contributed by atoms with Gasteiger partial charge >= 0.3 is 0 Å². The first kappa shape index (κ1) is 13.2. The van der Waals surface area contributed by atoms with Crippen LogP contribution in [0.1, 0.15) is 27.2 Å². The third-order valence-corrected chi connectivity index (χ3v) is 3.28. The summed E-state index contributed by atoms with van der Waals surface area (Å²) < 4.78 is 13.3. The number of anilines is 1. The van der Waals surface area contributed by atoms with E-state index in [0.717, 1.165) is 6.42 Å². The number of carbonyl (C=O) groups is 1. The summed E-state index contributed by atoms with van der Waals surface area (Å²) in [5, 5.41) is 2.77. The molecule has 0 atom stereocenters. The van der Waals surface area contributed by atoms with E-state index in [9.17, 15) is 9.18 Å². The predicted molar refractivity (Wildman–Crippen MR) is 66.8 cm³/mol. The Balaban J connectivity index is 2.82. The Hall–Kier alpha value is -0.900. The minimum absolute atomic E-state index is 0.0616. The summed E-state index contributed by atoms with van der Waals surface area (Å²) in [7, 11) is 0. The molecule has 2 nitrogen and oxygen atoms in total. The topological polar surface area (TPSA) is 29.1 Å². The lowest BCUT2D eigenvalue weighted by Crippen LogP contribution is -2.29. The molecule has 0 aliphatic carbocycles. The van der Waals surface area contributed by atoms with Crippen LogP contribution in [0.2, 0.25) is 0 Å². The number of benzene rings is 1. The lowest BCUT2D eigenvalue weighted by Gasteiger charge is -2.21. The highest BCUT2D eigenvalue weighted by Crippen LogP contribution is 2.24. The highest BCUT2D eigenvalue weighted by molar-refractivity contribution is 9.10. The zero-order chi connectivity index (χ0) is 12.3. The molecule has 0 heterocycles. The van der Waals surface area contributed by atoms with Gasteiger partial charge in [0.15, 0.2) is 0 Å². The van der Waals surface area contributed by atoms with Crippen LogP contribution in [-0.2, 0) is 4.79 Å². The van der Waals surface area contributed by atoms with Gasteiger partial charge in [-0.05, 0) is 40.5 Å². The van der Waals surface area contributed by atoms with E-state index < -0.39 is 5.41 Å². The van der Waals surface area contributed by atoms with Crippen molar-refractivity contribution in [2.24, 2.45) is 5.41 Å². The molecule has 16 heavy (non-hydrogen) atoms. The van der Waals surface area contributed by atoms with Crippen LogP contribution in [0.4, 0.5) is 10.1 Å². The fraction of sp³-hybridized carbons (Fsp3) is 0.417. The Bertz CT molecular complexity index is 404. The third kappa shape index (κ3) is 3.04. The van der Waals surface area contributed by atoms with Gasteiger partial charge in [-0.2, -0.15) is 0 Å². The Morgan fingerprint density at radius 1 is 1.50 bits per heavy atom. The average molecular weight is 288 g/mol. The molecule has 0 saturated carbocycles. The van der Waals surface area contributed by atoms with E-state index in [2.05, 4.69) is 21.2 Å². The van der Waals surface area contributed by atoms with Gasteiger partial charge in [0.05, 0.1) is 4.47 Å². The maximum Gasteiger partial charge on any atom is 0.230 e. The summed E-state index contributed by atoms with van der Waals surface area (Å²) in [5.41, 5.74) is 0.181. The number of hydrogen-bond acceptors (Lipinski definition) is 1. The van der Waals surface area contributed by atoms with Gasteiger partial charge in [0.1, 0.15) is 5.82 Å². The highest BCUT2D eigenvalue weighted by Gasteiger charge is 2.25. The van der Waals surface area contributed by atoms with E-state index in [1.54, 1.807) is 12.1 Å². The summed E-state index contributed by atoms with van der Waals surface area (Å²) in [5.74, 6) is -0.402. The molecule has 1 aromatic rings. The lowest BCUT2D eigenvalue weighted by molar-refractivity contribution is -0.124. The van der Waals surface area contributed by atoms with Gasteiger partial charge in [0.2, 0.25) is 5.91 Å². The molecule has 1 N–H and O–H groups in total. The SMILES string of the molecule is CCC(C)(C)C(=O)Nc1ccc(F)c(Br)c1. The van der Waals surface area contributed by atoms with Crippen molar-refractivity contribution >= 4 is 27.5 Å².